The molecule has 11 heteroatoms. The lowest BCUT2D eigenvalue weighted by molar-refractivity contribution is -0.394. The number of esters is 1. The van der Waals surface area contributed by atoms with Crippen molar-refractivity contribution in [2.75, 3.05) is 12.4 Å². The molecule has 1 aromatic heterocycles. The number of ether oxygens (including phenoxy) is 1. The highest BCUT2D eigenvalue weighted by Crippen LogP contribution is 2.40. The van der Waals surface area contributed by atoms with Crippen LogP contribution in [0.5, 0.6) is 0 Å². The minimum absolute atomic E-state index is 0.254. The number of rotatable bonds is 5. The number of fused-ring (bicyclic) bond motifs is 1. The third kappa shape index (κ3) is 3.36. The molecule has 10 nitrogen and oxygen atoms in total. The van der Waals surface area contributed by atoms with E-state index in [9.17, 15) is 29.8 Å². The van der Waals surface area contributed by atoms with Gasteiger partial charge >= 0.3 is 5.97 Å². The fourth-order valence-corrected chi connectivity index (χ4v) is 4.23. The molecular weight excluding hydrogens is 378 g/mol. The Morgan fingerprint density at radius 2 is 1.93 bits per heavy atom. The molecule has 0 fully saturated rings. The lowest BCUT2D eigenvalue weighted by atomic mass is 10.1. The second-order valence-corrected chi connectivity index (χ2v) is 6.83. The van der Waals surface area contributed by atoms with Gasteiger partial charge in [-0.2, -0.15) is 0 Å². The van der Waals surface area contributed by atoms with Gasteiger partial charge in [0.1, 0.15) is 10.6 Å². The third-order valence-corrected chi connectivity index (χ3v) is 5.38. The number of nitro groups is 2. The molecule has 0 saturated carbocycles. The third-order valence-electron chi connectivity index (χ3n) is 4.17. The second kappa shape index (κ2) is 7.11. The summed E-state index contributed by atoms with van der Waals surface area (Å²) in [5.74, 6) is -1.43. The highest BCUT2D eigenvalue weighted by Gasteiger charge is 2.30. The number of anilines is 1. The number of benzene rings is 1. The van der Waals surface area contributed by atoms with E-state index in [0.29, 0.717) is 6.42 Å². The van der Waals surface area contributed by atoms with Gasteiger partial charge < -0.3 is 10.1 Å². The molecule has 1 N–H and O–H groups in total. The largest absolute Gasteiger partial charge is 0.465 e. The van der Waals surface area contributed by atoms with E-state index >= 15 is 0 Å². The lowest BCUT2D eigenvalue weighted by Crippen LogP contribution is -2.16. The van der Waals surface area contributed by atoms with Crippen molar-refractivity contribution < 1.29 is 24.2 Å². The molecule has 0 bridgehead atoms. The summed E-state index contributed by atoms with van der Waals surface area (Å²) in [4.78, 5) is 46.0. The Morgan fingerprint density at radius 3 is 2.56 bits per heavy atom. The van der Waals surface area contributed by atoms with Crippen molar-refractivity contribution in [2.24, 2.45) is 0 Å². The first-order chi connectivity index (χ1) is 12.8. The number of carbonyl (C=O) groups is 2. The molecule has 0 atom stereocenters. The average molecular weight is 391 g/mol. The summed E-state index contributed by atoms with van der Waals surface area (Å²) in [6.45, 7) is 0. The highest BCUT2D eigenvalue weighted by atomic mass is 32.1. The van der Waals surface area contributed by atoms with Crippen LogP contribution < -0.4 is 5.32 Å². The van der Waals surface area contributed by atoms with Gasteiger partial charge in [-0.1, -0.05) is 0 Å². The van der Waals surface area contributed by atoms with Gasteiger partial charge in [-0.3, -0.25) is 25.0 Å². The first-order valence-electron chi connectivity index (χ1n) is 7.80. The summed E-state index contributed by atoms with van der Waals surface area (Å²) in [6.07, 6.45) is 2.36. The normalized spacial score (nSPS) is 12.3. The number of thiophene rings is 1. The molecule has 1 aliphatic rings. The second-order valence-electron chi connectivity index (χ2n) is 5.72. The molecular formula is C16H13N3O7S. The molecule has 0 unspecified atom stereocenters. The number of methoxy groups -OCH3 is 1. The Hall–Kier alpha value is -3.34. The summed E-state index contributed by atoms with van der Waals surface area (Å²) >= 11 is 1.23. The van der Waals surface area contributed by atoms with Crippen molar-refractivity contribution in [3.8, 4) is 0 Å². The molecule has 27 heavy (non-hydrogen) atoms. The van der Waals surface area contributed by atoms with Gasteiger partial charge in [0, 0.05) is 10.9 Å². The van der Waals surface area contributed by atoms with Crippen LogP contribution in [0.1, 0.15) is 37.6 Å². The van der Waals surface area contributed by atoms with E-state index in [2.05, 4.69) is 5.32 Å². The molecule has 1 aromatic carbocycles. The first kappa shape index (κ1) is 18.5. The topological polar surface area (TPSA) is 142 Å². The van der Waals surface area contributed by atoms with E-state index in [-0.39, 0.29) is 16.1 Å². The van der Waals surface area contributed by atoms with Crippen LogP contribution in [0.25, 0.3) is 0 Å². The Balaban J connectivity index is 1.98. The van der Waals surface area contributed by atoms with Gasteiger partial charge in [-0.15, -0.1) is 11.3 Å². The van der Waals surface area contributed by atoms with Crippen LogP contribution in [0.2, 0.25) is 0 Å². The maximum atomic E-state index is 12.6. The molecule has 0 aliphatic heterocycles. The predicted molar refractivity (Wildman–Crippen MR) is 95.4 cm³/mol. The minimum atomic E-state index is -0.864. The molecule has 1 amide bonds. The van der Waals surface area contributed by atoms with Crippen molar-refractivity contribution in [3.05, 3.63) is 60.0 Å². The smallest absolute Gasteiger partial charge is 0.341 e. The van der Waals surface area contributed by atoms with Crippen LogP contribution in [0, 0.1) is 20.2 Å². The minimum Gasteiger partial charge on any atom is -0.465 e. The first-order valence-corrected chi connectivity index (χ1v) is 8.62. The van der Waals surface area contributed by atoms with Crippen molar-refractivity contribution in [3.63, 3.8) is 0 Å². The molecule has 2 aromatic rings. The maximum Gasteiger partial charge on any atom is 0.341 e. The van der Waals surface area contributed by atoms with Crippen molar-refractivity contribution in [2.45, 2.75) is 19.3 Å². The number of hydrogen-bond donors (Lipinski definition) is 1. The highest BCUT2D eigenvalue weighted by molar-refractivity contribution is 7.17. The number of nitro benzene ring substituents is 2. The standard InChI is InChI=1S/C16H13N3O7S/c1-26-16(21)13-10-3-2-4-12(10)27-15(13)17-14(20)9-6-5-8(18(22)23)7-11(9)19(24)25/h5-7H,2-4H2,1H3,(H,17,20). The number of carbonyl (C=O) groups excluding carboxylic acids is 2. The van der Waals surface area contributed by atoms with Gasteiger partial charge in [0.2, 0.25) is 0 Å². The van der Waals surface area contributed by atoms with Crippen molar-refractivity contribution >= 4 is 39.6 Å². The van der Waals surface area contributed by atoms with E-state index in [1.807, 2.05) is 0 Å². The fraction of sp³-hybridized carbons (Fsp3) is 0.250. The number of aryl methyl sites for hydroxylation is 1. The van der Waals surface area contributed by atoms with Crippen LogP contribution in [-0.2, 0) is 17.6 Å². The van der Waals surface area contributed by atoms with E-state index in [1.54, 1.807) is 0 Å². The Bertz CT molecular complexity index is 983. The summed E-state index contributed by atoms with van der Waals surface area (Å²) < 4.78 is 4.79. The van der Waals surface area contributed by atoms with Gasteiger partial charge in [0.15, 0.2) is 0 Å². The van der Waals surface area contributed by atoms with Crippen LogP contribution in [0.3, 0.4) is 0 Å². The molecule has 3 rings (SSSR count). The number of non-ortho nitro benzene ring substituents is 1. The molecule has 1 heterocycles. The summed E-state index contributed by atoms with van der Waals surface area (Å²) in [6, 6.07) is 2.76. The van der Waals surface area contributed by atoms with Gasteiger partial charge in [0.05, 0.1) is 28.6 Å². The van der Waals surface area contributed by atoms with Crippen LogP contribution in [-0.4, -0.2) is 28.8 Å². The number of hydrogen-bond acceptors (Lipinski definition) is 8. The SMILES string of the molecule is COC(=O)c1c(NC(=O)c2ccc([N+](=O)[O-])cc2[N+](=O)[O-])sc2c1CCC2. The van der Waals surface area contributed by atoms with Crippen LogP contribution >= 0.6 is 11.3 Å². The van der Waals surface area contributed by atoms with Crippen molar-refractivity contribution in [1.82, 2.24) is 0 Å². The van der Waals surface area contributed by atoms with Crippen LogP contribution in [0.4, 0.5) is 16.4 Å². The van der Waals surface area contributed by atoms with E-state index in [0.717, 1.165) is 41.5 Å². The number of amides is 1. The van der Waals surface area contributed by atoms with Crippen LogP contribution in [0.15, 0.2) is 18.2 Å². The van der Waals surface area contributed by atoms with Gasteiger partial charge in [0.25, 0.3) is 17.3 Å². The summed E-state index contributed by atoms with van der Waals surface area (Å²) in [7, 11) is 1.23. The zero-order valence-electron chi connectivity index (χ0n) is 14.0. The number of nitrogens with zero attached hydrogens (tertiary/aromatic N) is 2. The molecule has 0 spiro atoms. The lowest BCUT2D eigenvalue weighted by Gasteiger charge is -2.07. The Labute approximate surface area is 156 Å². The molecule has 0 saturated heterocycles. The zero-order valence-corrected chi connectivity index (χ0v) is 14.8. The molecule has 0 radical (unpaired) electrons. The zero-order chi connectivity index (χ0) is 19.7. The van der Waals surface area contributed by atoms with Gasteiger partial charge in [-0.05, 0) is 30.9 Å². The summed E-state index contributed by atoms with van der Waals surface area (Å²) in [5.41, 5.74) is -0.447. The monoisotopic (exact) mass is 391 g/mol. The quantitative estimate of drug-likeness (QED) is 0.469. The van der Waals surface area contributed by atoms with Crippen molar-refractivity contribution in [1.29, 1.82) is 0 Å². The Kier molecular flexibility index (Phi) is 4.86. The van der Waals surface area contributed by atoms with Gasteiger partial charge in [-0.25, -0.2) is 4.79 Å². The average Bonchev–Trinajstić information content (AvgIpc) is 3.21. The maximum absolute atomic E-state index is 12.6. The molecule has 1 aliphatic carbocycles. The van der Waals surface area contributed by atoms with E-state index < -0.39 is 33.1 Å². The summed E-state index contributed by atoms with van der Waals surface area (Å²) in [5, 5.41) is 24.8. The number of nitrogens with one attached hydrogen (secondary N) is 1. The molecule has 140 valence electrons. The van der Waals surface area contributed by atoms with E-state index in [1.165, 1.54) is 18.4 Å². The fourth-order valence-electron chi connectivity index (χ4n) is 2.96. The Morgan fingerprint density at radius 1 is 1.19 bits per heavy atom. The predicted octanol–water partition coefficient (Wildman–Crippen LogP) is 3.09. The van der Waals surface area contributed by atoms with E-state index in [4.69, 9.17) is 4.74 Å².